The number of likely N-dealkylation sites (N-methyl/N-ethyl adjacent to an activating group) is 1. The van der Waals surface area contributed by atoms with Crippen molar-refractivity contribution in [1.29, 1.82) is 0 Å². The molecule has 0 unspecified atom stereocenters. The molecule has 2 aliphatic rings. The maximum absolute atomic E-state index is 12.2. The van der Waals surface area contributed by atoms with Crippen LogP contribution in [0.2, 0.25) is 0 Å². The van der Waals surface area contributed by atoms with Gasteiger partial charge in [0.15, 0.2) is 5.52 Å². The minimum absolute atomic E-state index is 0.0297. The molecule has 2 aliphatic heterocycles. The molecule has 34 heavy (non-hydrogen) atoms. The van der Waals surface area contributed by atoms with Gasteiger partial charge in [-0.05, 0) is 60.2 Å². The fraction of sp³-hybridized carbons (Fsp3) is 0.520. The summed E-state index contributed by atoms with van der Waals surface area (Å²) in [5, 5.41) is 20.4. The van der Waals surface area contributed by atoms with E-state index in [2.05, 4.69) is 84.0 Å². The number of piperazine rings is 1. The molecule has 0 aliphatic carbocycles. The van der Waals surface area contributed by atoms with E-state index < -0.39 is 0 Å². The third-order valence-electron chi connectivity index (χ3n) is 7.47. The highest BCUT2D eigenvalue weighted by Crippen LogP contribution is 2.47. The number of nitro groups is 1. The van der Waals surface area contributed by atoms with Crippen molar-refractivity contribution in [2.75, 3.05) is 43.0 Å². The first kappa shape index (κ1) is 22.6. The number of anilines is 2. The number of hydrogen-bond donors (Lipinski definition) is 0. The molecule has 1 aromatic heterocycles. The zero-order chi connectivity index (χ0) is 24.3. The van der Waals surface area contributed by atoms with Crippen LogP contribution in [-0.4, -0.2) is 58.9 Å². The third kappa shape index (κ3) is 3.68. The summed E-state index contributed by atoms with van der Waals surface area (Å²) in [6, 6.07) is 10.5. The standard InChI is InChI=1S/C25H32N6O3/c1-24(2)16-25(3,4)30(15-17-8-6-7-9-18(17)24)19-14-20(29-12-10-28(5)11-13-29)23(31(32)33)22-21(19)26-34-27-22/h6-9,14H,10-13,15-16H2,1-5H3. The quantitative estimate of drug-likeness (QED) is 0.417. The van der Waals surface area contributed by atoms with E-state index >= 15 is 0 Å². The Balaban J connectivity index is 1.71. The number of nitrogens with zero attached hydrogens (tertiary/aromatic N) is 6. The maximum Gasteiger partial charge on any atom is 0.323 e. The Morgan fingerprint density at radius 2 is 1.68 bits per heavy atom. The van der Waals surface area contributed by atoms with Crippen LogP contribution in [0.25, 0.3) is 11.0 Å². The SMILES string of the molecule is CN1CCN(c2cc(N3Cc4ccccc4C(C)(C)CC3(C)C)c3nonc3c2[N+](=O)[O-])CC1. The van der Waals surface area contributed by atoms with Gasteiger partial charge < -0.3 is 14.7 Å². The first-order chi connectivity index (χ1) is 16.1. The topological polar surface area (TPSA) is 91.8 Å². The number of nitro benzene ring substituents is 1. The highest BCUT2D eigenvalue weighted by molar-refractivity contribution is 6.00. The summed E-state index contributed by atoms with van der Waals surface area (Å²) in [6.45, 7) is 12.8. The molecule has 180 valence electrons. The van der Waals surface area contributed by atoms with Gasteiger partial charge in [-0.2, -0.15) is 0 Å². The van der Waals surface area contributed by atoms with Gasteiger partial charge in [0.1, 0.15) is 5.69 Å². The molecular weight excluding hydrogens is 432 g/mol. The normalized spacial score (nSPS) is 20.3. The summed E-state index contributed by atoms with van der Waals surface area (Å²) < 4.78 is 5.10. The van der Waals surface area contributed by atoms with Gasteiger partial charge >= 0.3 is 5.69 Å². The third-order valence-corrected chi connectivity index (χ3v) is 7.47. The summed E-state index contributed by atoms with van der Waals surface area (Å²) >= 11 is 0. The molecule has 9 nitrogen and oxygen atoms in total. The molecule has 3 heterocycles. The second-order valence-corrected chi connectivity index (χ2v) is 10.9. The van der Waals surface area contributed by atoms with Crippen molar-refractivity contribution in [3.63, 3.8) is 0 Å². The Hall–Kier alpha value is -3.20. The lowest BCUT2D eigenvalue weighted by Gasteiger charge is -2.42. The van der Waals surface area contributed by atoms with E-state index in [0.29, 0.717) is 30.8 Å². The van der Waals surface area contributed by atoms with Gasteiger partial charge in [0.25, 0.3) is 0 Å². The number of aromatic nitrogens is 2. The predicted molar refractivity (Wildman–Crippen MR) is 133 cm³/mol. The molecule has 0 N–H and O–H groups in total. The summed E-state index contributed by atoms with van der Waals surface area (Å²) in [4.78, 5) is 18.5. The number of hydrogen-bond acceptors (Lipinski definition) is 8. The molecule has 0 amide bonds. The van der Waals surface area contributed by atoms with Crippen molar-refractivity contribution in [3.8, 4) is 0 Å². The Morgan fingerprint density at radius 1 is 1.00 bits per heavy atom. The van der Waals surface area contributed by atoms with E-state index in [1.165, 1.54) is 11.1 Å². The molecule has 0 spiro atoms. The van der Waals surface area contributed by atoms with Crippen LogP contribution in [0.1, 0.15) is 45.2 Å². The van der Waals surface area contributed by atoms with Crippen molar-refractivity contribution >= 4 is 28.1 Å². The molecule has 3 aromatic rings. The summed E-state index contributed by atoms with van der Waals surface area (Å²) in [5.41, 5.74) is 4.35. The number of rotatable bonds is 3. The second-order valence-electron chi connectivity index (χ2n) is 10.9. The Morgan fingerprint density at radius 3 is 2.38 bits per heavy atom. The van der Waals surface area contributed by atoms with E-state index in [1.807, 2.05) is 6.07 Å². The zero-order valence-corrected chi connectivity index (χ0v) is 20.5. The first-order valence-electron chi connectivity index (χ1n) is 11.8. The number of benzene rings is 2. The van der Waals surface area contributed by atoms with Crippen LogP contribution in [0.3, 0.4) is 0 Å². The maximum atomic E-state index is 12.2. The van der Waals surface area contributed by atoms with E-state index in [-0.39, 0.29) is 27.1 Å². The number of fused-ring (bicyclic) bond motifs is 2. The summed E-state index contributed by atoms with van der Waals surface area (Å²) in [6.07, 6.45) is 0.907. The van der Waals surface area contributed by atoms with E-state index in [1.54, 1.807) is 0 Å². The largest absolute Gasteiger partial charge is 0.363 e. The summed E-state index contributed by atoms with van der Waals surface area (Å²) in [7, 11) is 2.07. The molecule has 1 fully saturated rings. The monoisotopic (exact) mass is 464 g/mol. The minimum atomic E-state index is -0.351. The van der Waals surface area contributed by atoms with Crippen molar-refractivity contribution < 1.29 is 9.55 Å². The van der Waals surface area contributed by atoms with Gasteiger partial charge in [0, 0.05) is 38.3 Å². The van der Waals surface area contributed by atoms with Crippen LogP contribution in [0, 0.1) is 10.1 Å². The van der Waals surface area contributed by atoms with Crippen LogP contribution in [0.5, 0.6) is 0 Å². The van der Waals surface area contributed by atoms with Crippen molar-refractivity contribution in [2.24, 2.45) is 0 Å². The molecule has 0 atom stereocenters. The zero-order valence-electron chi connectivity index (χ0n) is 20.5. The van der Waals surface area contributed by atoms with Gasteiger partial charge in [-0.25, -0.2) is 4.63 Å². The van der Waals surface area contributed by atoms with Gasteiger partial charge in [0.2, 0.25) is 5.52 Å². The smallest absolute Gasteiger partial charge is 0.323 e. The molecule has 2 aromatic carbocycles. The lowest BCUT2D eigenvalue weighted by Crippen LogP contribution is -2.46. The van der Waals surface area contributed by atoms with Crippen molar-refractivity contribution in [1.82, 2.24) is 15.2 Å². The van der Waals surface area contributed by atoms with Gasteiger partial charge in [0.05, 0.1) is 10.6 Å². The molecule has 9 heteroatoms. The van der Waals surface area contributed by atoms with Gasteiger partial charge in [-0.15, -0.1) is 0 Å². The highest BCUT2D eigenvalue weighted by Gasteiger charge is 2.41. The van der Waals surface area contributed by atoms with Crippen LogP contribution in [-0.2, 0) is 12.0 Å². The van der Waals surface area contributed by atoms with Crippen LogP contribution >= 0.6 is 0 Å². The molecule has 0 bridgehead atoms. The van der Waals surface area contributed by atoms with E-state index in [9.17, 15) is 10.1 Å². The van der Waals surface area contributed by atoms with Crippen molar-refractivity contribution in [2.45, 2.75) is 51.6 Å². The fourth-order valence-corrected chi connectivity index (χ4v) is 5.96. The minimum Gasteiger partial charge on any atom is -0.363 e. The van der Waals surface area contributed by atoms with Crippen LogP contribution < -0.4 is 9.80 Å². The lowest BCUT2D eigenvalue weighted by atomic mass is 9.75. The van der Waals surface area contributed by atoms with Gasteiger partial charge in [-0.3, -0.25) is 10.1 Å². The molecular formula is C25H32N6O3. The first-order valence-corrected chi connectivity index (χ1v) is 11.8. The fourth-order valence-electron chi connectivity index (χ4n) is 5.96. The molecule has 1 saturated heterocycles. The molecule has 0 saturated carbocycles. The van der Waals surface area contributed by atoms with Crippen molar-refractivity contribution in [3.05, 3.63) is 51.6 Å². The molecule has 5 rings (SSSR count). The Kier molecular flexibility index (Phi) is 5.27. The lowest BCUT2D eigenvalue weighted by molar-refractivity contribution is -0.382. The second kappa shape index (κ2) is 7.94. The Bertz CT molecular complexity index is 1240. The highest BCUT2D eigenvalue weighted by atomic mass is 16.6. The average molecular weight is 465 g/mol. The summed E-state index contributed by atoms with van der Waals surface area (Å²) in [5.74, 6) is 0. The molecule has 0 radical (unpaired) electrons. The average Bonchev–Trinajstić information content (AvgIpc) is 3.23. The van der Waals surface area contributed by atoms with E-state index in [0.717, 1.165) is 25.2 Å². The van der Waals surface area contributed by atoms with Crippen LogP contribution in [0.4, 0.5) is 17.1 Å². The van der Waals surface area contributed by atoms with E-state index in [4.69, 9.17) is 4.63 Å². The van der Waals surface area contributed by atoms with Crippen LogP contribution in [0.15, 0.2) is 35.0 Å². The predicted octanol–water partition coefficient (Wildman–Crippen LogP) is 4.35. The van der Waals surface area contributed by atoms with Gasteiger partial charge in [-0.1, -0.05) is 38.1 Å². The Labute approximate surface area is 199 Å².